The Kier molecular flexibility index (Phi) is 5.27. The van der Waals surface area contributed by atoms with Crippen molar-refractivity contribution in [2.24, 2.45) is 0 Å². The van der Waals surface area contributed by atoms with Gasteiger partial charge < -0.3 is 9.42 Å². The monoisotopic (exact) mass is 422 g/mol. The van der Waals surface area contributed by atoms with Crippen molar-refractivity contribution >= 4 is 17.5 Å². The van der Waals surface area contributed by atoms with Gasteiger partial charge in [0.25, 0.3) is 0 Å². The van der Waals surface area contributed by atoms with Crippen molar-refractivity contribution < 1.29 is 9.32 Å². The summed E-state index contributed by atoms with van der Waals surface area (Å²) in [6.07, 6.45) is 2.87. The minimum absolute atomic E-state index is 0.202. The van der Waals surface area contributed by atoms with E-state index < -0.39 is 0 Å². The molecule has 2 aliphatic rings. The number of amides is 1. The first-order chi connectivity index (χ1) is 14.7. The number of aromatic nitrogens is 2. The molecule has 0 unspecified atom stereocenters. The van der Waals surface area contributed by atoms with Crippen molar-refractivity contribution in [3.05, 3.63) is 70.6 Å². The van der Waals surface area contributed by atoms with E-state index in [0.717, 1.165) is 31.5 Å². The fourth-order valence-electron chi connectivity index (χ4n) is 4.38. The van der Waals surface area contributed by atoms with Crippen LogP contribution < -0.4 is 0 Å². The van der Waals surface area contributed by atoms with E-state index in [9.17, 15) is 4.79 Å². The number of nitrogens with zero attached hydrogens (tertiary/aromatic N) is 4. The van der Waals surface area contributed by atoms with Gasteiger partial charge in [-0.3, -0.25) is 9.69 Å². The van der Waals surface area contributed by atoms with Gasteiger partial charge in [0.1, 0.15) is 0 Å². The lowest BCUT2D eigenvalue weighted by Gasteiger charge is -2.37. The molecule has 0 spiro atoms. The standard InChI is InChI=1S/C23H23ClN4O2/c24-19-10-4-3-9-18(19)22-25-21(30-26-22)15-28-14-17-8-2-1-7-16(17)13-20(28)23(29)27-11-5-6-12-27/h1-4,7-10,20H,5-6,11-15H2/t20-/m0/s1. The van der Waals surface area contributed by atoms with Gasteiger partial charge in [0, 0.05) is 25.2 Å². The van der Waals surface area contributed by atoms with Crippen LogP contribution in [0.25, 0.3) is 11.4 Å². The van der Waals surface area contributed by atoms with Gasteiger partial charge in [-0.1, -0.05) is 53.2 Å². The van der Waals surface area contributed by atoms with E-state index in [2.05, 4.69) is 27.2 Å². The first-order valence-electron chi connectivity index (χ1n) is 10.4. The highest BCUT2D eigenvalue weighted by atomic mass is 35.5. The van der Waals surface area contributed by atoms with Crippen LogP contribution in [0.15, 0.2) is 53.1 Å². The number of fused-ring (bicyclic) bond motifs is 1. The number of halogens is 1. The second-order valence-electron chi connectivity index (χ2n) is 7.92. The highest BCUT2D eigenvalue weighted by Gasteiger charge is 2.35. The van der Waals surface area contributed by atoms with Crippen molar-refractivity contribution in [3.63, 3.8) is 0 Å². The van der Waals surface area contributed by atoms with Crippen molar-refractivity contribution in [3.8, 4) is 11.4 Å². The van der Waals surface area contributed by atoms with E-state index in [0.29, 0.717) is 36.2 Å². The second-order valence-corrected chi connectivity index (χ2v) is 8.32. The maximum Gasteiger partial charge on any atom is 0.241 e. The van der Waals surface area contributed by atoms with Crippen molar-refractivity contribution in [2.75, 3.05) is 13.1 Å². The summed E-state index contributed by atoms with van der Waals surface area (Å²) in [5, 5.41) is 4.69. The average molecular weight is 423 g/mol. The Balaban J connectivity index is 1.41. The fraction of sp³-hybridized carbons (Fsp3) is 0.348. The molecule has 1 atom stereocenters. The summed E-state index contributed by atoms with van der Waals surface area (Å²) in [5.41, 5.74) is 3.23. The lowest BCUT2D eigenvalue weighted by atomic mass is 9.93. The van der Waals surface area contributed by atoms with Crippen molar-refractivity contribution in [2.45, 2.75) is 38.4 Å². The summed E-state index contributed by atoms with van der Waals surface area (Å²) >= 11 is 6.27. The van der Waals surface area contributed by atoms with Crippen LogP contribution in [0.2, 0.25) is 5.02 Å². The van der Waals surface area contributed by atoms with Gasteiger partial charge in [0.2, 0.25) is 17.6 Å². The van der Waals surface area contributed by atoms with E-state index in [1.807, 2.05) is 35.2 Å². The quantitative estimate of drug-likeness (QED) is 0.637. The Hall–Kier alpha value is -2.70. The maximum atomic E-state index is 13.3. The van der Waals surface area contributed by atoms with Crippen LogP contribution in [0.3, 0.4) is 0 Å². The zero-order chi connectivity index (χ0) is 20.5. The molecule has 7 heteroatoms. The van der Waals surface area contributed by atoms with Gasteiger partial charge in [0.05, 0.1) is 17.6 Å². The van der Waals surface area contributed by atoms with Crippen molar-refractivity contribution in [1.29, 1.82) is 0 Å². The summed E-state index contributed by atoms with van der Waals surface area (Å²) in [5.74, 6) is 1.16. The van der Waals surface area contributed by atoms with E-state index in [1.165, 1.54) is 11.1 Å². The van der Waals surface area contributed by atoms with Gasteiger partial charge in [-0.15, -0.1) is 0 Å². The van der Waals surface area contributed by atoms with Crippen LogP contribution in [-0.2, 0) is 24.3 Å². The lowest BCUT2D eigenvalue weighted by Crippen LogP contribution is -2.50. The minimum Gasteiger partial charge on any atom is -0.341 e. The van der Waals surface area contributed by atoms with E-state index in [-0.39, 0.29) is 11.9 Å². The van der Waals surface area contributed by atoms with Gasteiger partial charge in [0.15, 0.2) is 0 Å². The van der Waals surface area contributed by atoms with Crippen LogP contribution in [0, 0.1) is 0 Å². The van der Waals surface area contributed by atoms with Crippen LogP contribution >= 0.6 is 11.6 Å². The minimum atomic E-state index is -0.214. The van der Waals surface area contributed by atoms with E-state index >= 15 is 0 Å². The van der Waals surface area contributed by atoms with Gasteiger partial charge >= 0.3 is 0 Å². The Morgan fingerprint density at radius 2 is 1.80 bits per heavy atom. The Labute approximate surface area is 180 Å². The molecule has 0 radical (unpaired) electrons. The lowest BCUT2D eigenvalue weighted by molar-refractivity contribution is -0.137. The van der Waals surface area contributed by atoms with Crippen LogP contribution in [-0.4, -0.2) is 45.0 Å². The number of hydrogen-bond acceptors (Lipinski definition) is 5. The maximum absolute atomic E-state index is 13.3. The zero-order valence-corrected chi connectivity index (χ0v) is 17.4. The molecule has 3 heterocycles. The number of likely N-dealkylation sites (tertiary alicyclic amines) is 1. The molecule has 154 valence electrons. The smallest absolute Gasteiger partial charge is 0.241 e. The molecule has 0 N–H and O–H groups in total. The summed E-state index contributed by atoms with van der Waals surface area (Å²) in [6.45, 7) is 2.81. The molecule has 30 heavy (non-hydrogen) atoms. The molecule has 3 aromatic rings. The summed E-state index contributed by atoms with van der Waals surface area (Å²) in [6, 6.07) is 15.6. The van der Waals surface area contributed by atoms with Gasteiger partial charge in [-0.25, -0.2) is 0 Å². The number of rotatable bonds is 4. The third kappa shape index (κ3) is 3.73. The van der Waals surface area contributed by atoms with Crippen molar-refractivity contribution in [1.82, 2.24) is 19.9 Å². The highest BCUT2D eigenvalue weighted by molar-refractivity contribution is 6.33. The van der Waals surface area contributed by atoms with E-state index in [1.54, 1.807) is 6.07 Å². The molecular weight excluding hydrogens is 400 g/mol. The summed E-state index contributed by atoms with van der Waals surface area (Å²) in [4.78, 5) is 22.0. The molecular formula is C23H23ClN4O2. The van der Waals surface area contributed by atoms with E-state index in [4.69, 9.17) is 16.1 Å². The first-order valence-corrected chi connectivity index (χ1v) is 10.7. The summed E-state index contributed by atoms with van der Waals surface area (Å²) < 4.78 is 5.53. The van der Waals surface area contributed by atoms with Gasteiger partial charge in [-0.2, -0.15) is 4.98 Å². The molecule has 0 saturated carbocycles. The third-order valence-corrected chi connectivity index (χ3v) is 6.30. The topological polar surface area (TPSA) is 62.5 Å². The molecule has 1 saturated heterocycles. The molecule has 5 rings (SSSR count). The van der Waals surface area contributed by atoms with Gasteiger partial charge in [-0.05, 0) is 42.5 Å². The number of hydrogen-bond donors (Lipinski definition) is 0. The largest absolute Gasteiger partial charge is 0.341 e. The molecule has 0 aliphatic carbocycles. The van der Waals surface area contributed by atoms with Crippen LogP contribution in [0.4, 0.5) is 0 Å². The molecule has 1 aromatic heterocycles. The second kappa shape index (κ2) is 8.20. The number of carbonyl (C=O) groups excluding carboxylic acids is 1. The van der Waals surface area contributed by atoms with Crippen LogP contribution in [0.5, 0.6) is 0 Å². The SMILES string of the molecule is O=C([C@@H]1Cc2ccccc2CN1Cc1nc(-c2ccccc2Cl)no1)N1CCCC1. The molecule has 0 bridgehead atoms. The normalized spacial score (nSPS) is 19.1. The summed E-state index contributed by atoms with van der Waals surface area (Å²) in [7, 11) is 0. The first kappa shape index (κ1) is 19.3. The number of benzene rings is 2. The molecule has 2 aliphatic heterocycles. The van der Waals surface area contributed by atoms with Crippen LogP contribution in [0.1, 0.15) is 29.9 Å². The molecule has 6 nitrogen and oxygen atoms in total. The highest BCUT2D eigenvalue weighted by Crippen LogP contribution is 2.28. The molecule has 1 amide bonds. The Morgan fingerprint density at radius 3 is 2.60 bits per heavy atom. The molecule has 1 fully saturated rings. The Morgan fingerprint density at radius 1 is 1.07 bits per heavy atom. The Bertz CT molecular complexity index is 1060. The zero-order valence-electron chi connectivity index (χ0n) is 16.6. The fourth-order valence-corrected chi connectivity index (χ4v) is 4.60. The predicted octanol–water partition coefficient (Wildman–Crippen LogP) is 3.94. The average Bonchev–Trinajstić information content (AvgIpc) is 3.46. The predicted molar refractivity (Wildman–Crippen MR) is 114 cm³/mol. The molecule has 2 aromatic carbocycles. The third-order valence-electron chi connectivity index (χ3n) is 5.97. The number of carbonyl (C=O) groups is 1.